The molecular formula is C19H31N3O2. The number of hydrogen-bond acceptors (Lipinski definition) is 3. The van der Waals surface area contributed by atoms with Gasteiger partial charge in [0.25, 0.3) is 0 Å². The molecule has 1 atom stereocenters. The molecule has 1 unspecified atom stereocenters. The van der Waals surface area contributed by atoms with Crippen molar-refractivity contribution < 1.29 is 9.59 Å². The van der Waals surface area contributed by atoms with Crippen LogP contribution in [0.3, 0.4) is 0 Å². The zero-order chi connectivity index (χ0) is 17.6. The largest absolute Gasteiger partial charge is 0.353 e. The normalized spacial score (nSPS) is 11.8. The zero-order valence-electron chi connectivity index (χ0n) is 14.7. The quantitative estimate of drug-likeness (QED) is 0.512. The number of amides is 2. The summed E-state index contributed by atoms with van der Waals surface area (Å²) < 4.78 is 0. The lowest BCUT2D eigenvalue weighted by molar-refractivity contribution is -0.129. The molecule has 1 rings (SSSR count). The van der Waals surface area contributed by atoms with Gasteiger partial charge in [0.1, 0.15) is 6.04 Å². The molecule has 134 valence electrons. The summed E-state index contributed by atoms with van der Waals surface area (Å²) in [5, 5.41) is 5.64. The highest BCUT2D eigenvalue weighted by Gasteiger charge is 2.20. The van der Waals surface area contributed by atoms with Crippen molar-refractivity contribution in [1.29, 1.82) is 0 Å². The summed E-state index contributed by atoms with van der Waals surface area (Å²) in [5.41, 5.74) is 6.46. The first-order valence-corrected chi connectivity index (χ1v) is 8.98. The molecule has 5 nitrogen and oxygen atoms in total. The minimum Gasteiger partial charge on any atom is -0.353 e. The molecule has 24 heavy (non-hydrogen) atoms. The van der Waals surface area contributed by atoms with Crippen LogP contribution in [0.2, 0.25) is 0 Å². The molecule has 0 aromatic heterocycles. The fourth-order valence-corrected chi connectivity index (χ4v) is 2.53. The lowest BCUT2D eigenvalue weighted by atomic mass is 10.0. The Labute approximate surface area is 145 Å². The number of rotatable bonds is 12. The fraction of sp³-hybridized carbons (Fsp3) is 0.579. The molecule has 0 aliphatic carbocycles. The highest BCUT2D eigenvalue weighted by atomic mass is 16.2. The Morgan fingerprint density at radius 1 is 1.08 bits per heavy atom. The first kappa shape index (κ1) is 20.2. The van der Waals surface area contributed by atoms with Crippen molar-refractivity contribution in [2.24, 2.45) is 5.73 Å². The molecule has 0 spiro atoms. The van der Waals surface area contributed by atoms with Crippen molar-refractivity contribution in [3.63, 3.8) is 0 Å². The van der Waals surface area contributed by atoms with Gasteiger partial charge in [-0.2, -0.15) is 0 Å². The molecular weight excluding hydrogens is 302 g/mol. The summed E-state index contributed by atoms with van der Waals surface area (Å²) in [4.78, 5) is 24.4. The van der Waals surface area contributed by atoms with Crippen molar-refractivity contribution in [2.45, 2.75) is 57.9 Å². The molecule has 0 aliphatic rings. The van der Waals surface area contributed by atoms with E-state index >= 15 is 0 Å². The molecule has 0 saturated heterocycles. The van der Waals surface area contributed by atoms with Crippen LogP contribution in [0.25, 0.3) is 0 Å². The summed E-state index contributed by atoms with van der Waals surface area (Å²) in [7, 11) is 0. The van der Waals surface area contributed by atoms with Crippen LogP contribution in [-0.2, 0) is 16.0 Å². The van der Waals surface area contributed by atoms with Crippen molar-refractivity contribution in [3.05, 3.63) is 35.9 Å². The highest BCUT2D eigenvalue weighted by molar-refractivity contribution is 5.87. The van der Waals surface area contributed by atoms with Crippen molar-refractivity contribution in [1.82, 2.24) is 10.6 Å². The Morgan fingerprint density at radius 3 is 2.46 bits per heavy atom. The second kappa shape index (κ2) is 12.5. The van der Waals surface area contributed by atoms with Crippen LogP contribution in [0.4, 0.5) is 0 Å². The van der Waals surface area contributed by atoms with E-state index in [1.807, 2.05) is 30.3 Å². The number of carbonyl (C=O) groups is 2. The van der Waals surface area contributed by atoms with Gasteiger partial charge in [-0.3, -0.25) is 9.59 Å². The van der Waals surface area contributed by atoms with Gasteiger partial charge in [-0.25, -0.2) is 0 Å². The molecule has 1 aromatic rings. The molecule has 0 radical (unpaired) electrons. The molecule has 4 N–H and O–H groups in total. The van der Waals surface area contributed by atoms with Gasteiger partial charge in [0, 0.05) is 25.9 Å². The smallest absolute Gasteiger partial charge is 0.242 e. The van der Waals surface area contributed by atoms with Gasteiger partial charge in [-0.05, 0) is 12.0 Å². The Kier molecular flexibility index (Phi) is 10.5. The van der Waals surface area contributed by atoms with E-state index in [9.17, 15) is 9.59 Å². The lowest BCUT2D eigenvalue weighted by Crippen LogP contribution is -2.48. The second-order valence-corrected chi connectivity index (χ2v) is 6.05. The van der Waals surface area contributed by atoms with Crippen LogP contribution < -0.4 is 16.4 Å². The van der Waals surface area contributed by atoms with E-state index < -0.39 is 6.04 Å². The molecule has 0 fully saturated rings. The molecule has 5 heteroatoms. The Bertz CT molecular complexity index is 477. The molecule has 0 saturated carbocycles. The maximum Gasteiger partial charge on any atom is 0.242 e. The third kappa shape index (κ3) is 8.67. The monoisotopic (exact) mass is 333 g/mol. The second-order valence-electron chi connectivity index (χ2n) is 6.05. The standard InChI is InChI=1S/C19H31N3O2/c1-2-3-4-5-9-12-18(23)22-17(19(24)21-14-13-20)15-16-10-7-6-8-11-16/h6-8,10-11,17H,2-5,9,12-15,20H2,1H3,(H,21,24)(H,22,23). The number of nitrogens with two attached hydrogens (primary N) is 1. The maximum absolute atomic E-state index is 12.3. The van der Waals surface area contributed by atoms with E-state index in [0.29, 0.717) is 25.9 Å². The SMILES string of the molecule is CCCCCCCC(=O)NC(Cc1ccccc1)C(=O)NCCN. The van der Waals surface area contributed by atoms with E-state index in [1.165, 1.54) is 12.8 Å². The fourth-order valence-electron chi connectivity index (χ4n) is 2.53. The topological polar surface area (TPSA) is 84.2 Å². The van der Waals surface area contributed by atoms with Crippen LogP contribution in [0.1, 0.15) is 51.0 Å². The van der Waals surface area contributed by atoms with Crippen LogP contribution in [0, 0.1) is 0 Å². The van der Waals surface area contributed by atoms with Crippen LogP contribution >= 0.6 is 0 Å². The number of hydrogen-bond donors (Lipinski definition) is 3. The van der Waals surface area contributed by atoms with Crippen LogP contribution in [0.15, 0.2) is 30.3 Å². The predicted molar refractivity (Wildman–Crippen MR) is 97.5 cm³/mol. The Balaban J connectivity index is 2.51. The third-order valence-corrected chi connectivity index (χ3v) is 3.89. The van der Waals surface area contributed by atoms with Crippen molar-refractivity contribution in [3.8, 4) is 0 Å². The average Bonchev–Trinajstić information content (AvgIpc) is 2.59. The van der Waals surface area contributed by atoms with Gasteiger partial charge in [0.15, 0.2) is 0 Å². The first-order valence-electron chi connectivity index (χ1n) is 8.98. The van der Waals surface area contributed by atoms with Crippen molar-refractivity contribution >= 4 is 11.8 Å². The number of carbonyl (C=O) groups excluding carboxylic acids is 2. The Morgan fingerprint density at radius 2 is 1.79 bits per heavy atom. The minimum atomic E-state index is -0.554. The average molecular weight is 333 g/mol. The lowest BCUT2D eigenvalue weighted by Gasteiger charge is -2.18. The molecule has 2 amide bonds. The first-order chi connectivity index (χ1) is 11.7. The van der Waals surface area contributed by atoms with E-state index in [1.54, 1.807) is 0 Å². The minimum absolute atomic E-state index is 0.0599. The van der Waals surface area contributed by atoms with Crippen molar-refractivity contribution in [2.75, 3.05) is 13.1 Å². The van der Waals surface area contributed by atoms with E-state index in [-0.39, 0.29) is 11.8 Å². The van der Waals surface area contributed by atoms with Gasteiger partial charge in [-0.1, -0.05) is 62.9 Å². The van der Waals surface area contributed by atoms with Gasteiger partial charge < -0.3 is 16.4 Å². The number of benzene rings is 1. The van der Waals surface area contributed by atoms with Crippen LogP contribution in [0.5, 0.6) is 0 Å². The Hall–Kier alpha value is -1.88. The summed E-state index contributed by atoms with van der Waals surface area (Å²) in [6.07, 6.45) is 6.44. The number of nitrogens with one attached hydrogen (secondary N) is 2. The molecule has 0 bridgehead atoms. The van der Waals surface area contributed by atoms with Gasteiger partial charge in [-0.15, -0.1) is 0 Å². The zero-order valence-corrected chi connectivity index (χ0v) is 14.7. The summed E-state index contributed by atoms with van der Waals surface area (Å²) in [6, 6.07) is 9.16. The highest BCUT2D eigenvalue weighted by Crippen LogP contribution is 2.07. The third-order valence-electron chi connectivity index (χ3n) is 3.89. The van der Waals surface area contributed by atoms with E-state index in [2.05, 4.69) is 17.6 Å². The summed E-state index contributed by atoms with van der Waals surface area (Å²) in [5.74, 6) is -0.237. The van der Waals surface area contributed by atoms with Gasteiger partial charge in [0.2, 0.25) is 11.8 Å². The van der Waals surface area contributed by atoms with E-state index in [4.69, 9.17) is 5.73 Å². The molecule has 0 aliphatic heterocycles. The van der Waals surface area contributed by atoms with Gasteiger partial charge >= 0.3 is 0 Å². The maximum atomic E-state index is 12.3. The molecule has 1 aromatic carbocycles. The predicted octanol–water partition coefficient (Wildman–Crippen LogP) is 2.15. The number of unbranched alkanes of at least 4 members (excludes halogenated alkanes) is 4. The van der Waals surface area contributed by atoms with Gasteiger partial charge in [0.05, 0.1) is 0 Å². The summed E-state index contributed by atoms with van der Waals surface area (Å²) in [6.45, 7) is 2.97. The molecule has 0 heterocycles. The van der Waals surface area contributed by atoms with Crippen LogP contribution in [-0.4, -0.2) is 30.9 Å². The van der Waals surface area contributed by atoms with E-state index in [0.717, 1.165) is 24.8 Å². The summed E-state index contributed by atoms with van der Waals surface area (Å²) >= 11 is 0.